The topological polar surface area (TPSA) is 94.2 Å². The molecular weight excluding hydrogens is 492 g/mol. The van der Waals surface area contributed by atoms with Gasteiger partial charge in [-0.05, 0) is 48.7 Å². The van der Waals surface area contributed by atoms with Crippen LogP contribution in [0, 0.1) is 6.92 Å². The van der Waals surface area contributed by atoms with E-state index in [9.17, 15) is 13.2 Å². The van der Waals surface area contributed by atoms with Crippen LogP contribution >= 0.6 is 0 Å². The van der Waals surface area contributed by atoms with Gasteiger partial charge in [0, 0.05) is 6.07 Å². The van der Waals surface area contributed by atoms with Gasteiger partial charge in [-0.25, -0.2) is 8.42 Å². The molecule has 0 saturated carbocycles. The number of rotatable bonds is 12. The molecule has 0 atom stereocenters. The SMILES string of the molecule is COc1ccc(S(=O)(=O)N(CC(=O)NCCOc2ccccc2C(C)C)c2ccc(C)cc2)cc1OC. The van der Waals surface area contributed by atoms with Crippen LogP contribution in [0.2, 0.25) is 0 Å². The molecule has 0 unspecified atom stereocenters. The number of methoxy groups -OCH3 is 2. The van der Waals surface area contributed by atoms with Crippen LogP contribution in [0.25, 0.3) is 0 Å². The molecule has 0 radical (unpaired) electrons. The van der Waals surface area contributed by atoms with Gasteiger partial charge in [0.05, 0.1) is 31.3 Å². The van der Waals surface area contributed by atoms with Gasteiger partial charge in [0.1, 0.15) is 18.9 Å². The first-order valence-electron chi connectivity index (χ1n) is 12.0. The van der Waals surface area contributed by atoms with Crippen molar-refractivity contribution in [3.05, 3.63) is 77.9 Å². The molecular formula is C28H34N2O6S. The van der Waals surface area contributed by atoms with Gasteiger partial charge in [-0.1, -0.05) is 49.7 Å². The third-order valence-electron chi connectivity index (χ3n) is 5.77. The molecule has 0 bridgehead atoms. The zero-order valence-corrected chi connectivity index (χ0v) is 22.7. The van der Waals surface area contributed by atoms with Gasteiger partial charge >= 0.3 is 0 Å². The molecule has 0 aromatic heterocycles. The number of anilines is 1. The smallest absolute Gasteiger partial charge is 0.264 e. The van der Waals surface area contributed by atoms with Gasteiger partial charge < -0.3 is 19.5 Å². The molecule has 0 aliphatic rings. The predicted octanol–water partition coefficient (Wildman–Crippen LogP) is 4.53. The summed E-state index contributed by atoms with van der Waals surface area (Å²) in [5, 5.41) is 2.76. The highest BCUT2D eigenvalue weighted by Gasteiger charge is 2.28. The van der Waals surface area contributed by atoms with E-state index in [0.717, 1.165) is 21.2 Å². The van der Waals surface area contributed by atoms with E-state index in [-0.39, 0.29) is 23.8 Å². The number of sulfonamides is 1. The van der Waals surface area contributed by atoms with Crippen LogP contribution in [0.4, 0.5) is 5.69 Å². The standard InChI is InChI=1S/C28H34N2O6S/c1-20(2)24-8-6-7-9-25(24)36-17-16-29-28(31)19-30(22-12-10-21(3)11-13-22)37(32,33)23-14-15-26(34-4)27(18-23)35-5/h6-15,18,20H,16-17,19H2,1-5H3,(H,29,31). The Bertz CT molecular complexity index is 1310. The first-order chi connectivity index (χ1) is 17.7. The van der Waals surface area contributed by atoms with Crippen molar-refractivity contribution in [1.29, 1.82) is 0 Å². The summed E-state index contributed by atoms with van der Waals surface area (Å²) in [4.78, 5) is 12.8. The highest BCUT2D eigenvalue weighted by Crippen LogP contribution is 2.32. The van der Waals surface area contributed by atoms with Crippen LogP contribution in [0.5, 0.6) is 17.2 Å². The number of nitrogens with one attached hydrogen (secondary N) is 1. The fourth-order valence-corrected chi connectivity index (χ4v) is 5.19. The number of para-hydroxylation sites is 1. The van der Waals surface area contributed by atoms with E-state index < -0.39 is 22.5 Å². The lowest BCUT2D eigenvalue weighted by Crippen LogP contribution is -2.42. The van der Waals surface area contributed by atoms with E-state index >= 15 is 0 Å². The number of amides is 1. The number of carbonyl (C=O) groups is 1. The summed E-state index contributed by atoms with van der Waals surface area (Å²) in [6, 6.07) is 19.0. The van der Waals surface area contributed by atoms with Crippen LogP contribution in [-0.4, -0.2) is 48.2 Å². The van der Waals surface area contributed by atoms with Crippen LogP contribution < -0.4 is 23.8 Å². The van der Waals surface area contributed by atoms with E-state index in [2.05, 4.69) is 19.2 Å². The maximum Gasteiger partial charge on any atom is 0.264 e. The molecule has 3 aromatic rings. The third-order valence-corrected chi connectivity index (χ3v) is 7.54. The fraction of sp³-hybridized carbons (Fsp3) is 0.321. The number of hydrogen-bond donors (Lipinski definition) is 1. The monoisotopic (exact) mass is 526 g/mol. The number of nitrogens with zero attached hydrogens (tertiary/aromatic N) is 1. The van der Waals surface area contributed by atoms with Crippen molar-refractivity contribution in [3.8, 4) is 17.2 Å². The molecule has 0 fully saturated rings. The Hall–Kier alpha value is -3.72. The van der Waals surface area contributed by atoms with E-state index in [1.165, 1.54) is 32.4 Å². The number of benzene rings is 3. The maximum absolute atomic E-state index is 13.7. The van der Waals surface area contributed by atoms with E-state index in [1.54, 1.807) is 24.3 Å². The summed E-state index contributed by atoms with van der Waals surface area (Å²) in [7, 11) is -1.20. The zero-order chi connectivity index (χ0) is 27.0. The number of aryl methyl sites for hydroxylation is 1. The largest absolute Gasteiger partial charge is 0.493 e. The van der Waals surface area contributed by atoms with E-state index in [4.69, 9.17) is 14.2 Å². The molecule has 0 aliphatic heterocycles. The van der Waals surface area contributed by atoms with Crippen molar-refractivity contribution in [3.63, 3.8) is 0 Å². The van der Waals surface area contributed by atoms with Crippen molar-refractivity contribution in [1.82, 2.24) is 5.32 Å². The first-order valence-corrected chi connectivity index (χ1v) is 13.4. The molecule has 37 heavy (non-hydrogen) atoms. The Kier molecular flexibility index (Phi) is 9.41. The number of hydrogen-bond acceptors (Lipinski definition) is 6. The van der Waals surface area contributed by atoms with Crippen LogP contribution in [0.3, 0.4) is 0 Å². The molecule has 198 valence electrons. The average Bonchev–Trinajstić information content (AvgIpc) is 2.90. The molecule has 0 aliphatic carbocycles. The normalized spacial score (nSPS) is 11.2. The van der Waals surface area contributed by atoms with Crippen molar-refractivity contribution in [2.75, 3.05) is 38.2 Å². The minimum absolute atomic E-state index is 0.0212. The van der Waals surface area contributed by atoms with Crippen molar-refractivity contribution in [2.45, 2.75) is 31.6 Å². The first kappa shape index (κ1) is 27.9. The molecule has 0 heterocycles. The predicted molar refractivity (Wildman–Crippen MR) is 144 cm³/mol. The summed E-state index contributed by atoms with van der Waals surface area (Å²) in [6.07, 6.45) is 0. The molecule has 9 heteroatoms. The van der Waals surface area contributed by atoms with Gasteiger partial charge in [0.25, 0.3) is 10.0 Å². The third kappa shape index (κ3) is 6.95. The summed E-state index contributed by atoms with van der Waals surface area (Å²) < 4.78 is 44.8. The molecule has 3 aromatic carbocycles. The van der Waals surface area contributed by atoms with Crippen LogP contribution in [-0.2, 0) is 14.8 Å². The molecule has 3 rings (SSSR count). The Morgan fingerprint density at radius 2 is 1.59 bits per heavy atom. The van der Waals surface area contributed by atoms with Crippen LogP contribution in [0.15, 0.2) is 71.6 Å². The number of ether oxygens (including phenoxy) is 3. The minimum atomic E-state index is -4.10. The molecule has 0 spiro atoms. The molecule has 0 saturated heterocycles. The molecule has 1 N–H and O–H groups in total. The van der Waals surface area contributed by atoms with Gasteiger partial charge in [-0.2, -0.15) is 0 Å². The lowest BCUT2D eigenvalue weighted by Gasteiger charge is -2.24. The maximum atomic E-state index is 13.7. The van der Waals surface area contributed by atoms with Crippen molar-refractivity contribution < 1.29 is 27.4 Å². The Labute approximate surface area is 219 Å². The second kappa shape index (κ2) is 12.5. The highest BCUT2D eigenvalue weighted by molar-refractivity contribution is 7.92. The van der Waals surface area contributed by atoms with Gasteiger partial charge in [-0.3, -0.25) is 9.10 Å². The lowest BCUT2D eigenvalue weighted by molar-refractivity contribution is -0.119. The Balaban J connectivity index is 1.76. The molecule has 8 nitrogen and oxygen atoms in total. The second-order valence-electron chi connectivity index (χ2n) is 8.75. The fourth-order valence-electron chi connectivity index (χ4n) is 3.76. The van der Waals surface area contributed by atoms with Crippen molar-refractivity contribution >= 4 is 21.6 Å². The Morgan fingerprint density at radius 3 is 2.24 bits per heavy atom. The lowest BCUT2D eigenvalue weighted by atomic mass is 10.0. The van der Waals surface area contributed by atoms with Gasteiger partial charge in [0.2, 0.25) is 5.91 Å². The zero-order valence-electron chi connectivity index (χ0n) is 21.9. The van der Waals surface area contributed by atoms with Crippen LogP contribution in [0.1, 0.15) is 30.9 Å². The van der Waals surface area contributed by atoms with Gasteiger partial charge in [0.15, 0.2) is 11.5 Å². The van der Waals surface area contributed by atoms with Crippen molar-refractivity contribution in [2.24, 2.45) is 0 Å². The average molecular weight is 527 g/mol. The Morgan fingerprint density at radius 1 is 0.919 bits per heavy atom. The van der Waals surface area contributed by atoms with Gasteiger partial charge in [-0.15, -0.1) is 0 Å². The quantitative estimate of drug-likeness (QED) is 0.349. The summed E-state index contributed by atoms with van der Waals surface area (Å²) in [5.41, 5.74) is 2.42. The number of carbonyl (C=O) groups excluding carboxylic acids is 1. The van der Waals surface area contributed by atoms with E-state index in [1.807, 2.05) is 31.2 Å². The summed E-state index contributed by atoms with van der Waals surface area (Å²) >= 11 is 0. The summed E-state index contributed by atoms with van der Waals surface area (Å²) in [6.45, 7) is 6.15. The van der Waals surface area contributed by atoms with E-state index in [0.29, 0.717) is 17.4 Å². The molecule has 1 amide bonds. The highest BCUT2D eigenvalue weighted by atomic mass is 32.2. The minimum Gasteiger partial charge on any atom is -0.493 e. The second-order valence-corrected chi connectivity index (χ2v) is 10.6. The summed E-state index contributed by atoms with van der Waals surface area (Å²) in [5.74, 6) is 1.29.